The number of hydrogen-bond acceptors (Lipinski definition) is 4. The molecule has 0 bridgehead atoms. The van der Waals surface area contributed by atoms with Gasteiger partial charge in [0.2, 0.25) is 0 Å². The Morgan fingerprint density at radius 3 is 2.55 bits per heavy atom. The average molecular weight is 298 g/mol. The molecule has 0 fully saturated rings. The van der Waals surface area contributed by atoms with Crippen LogP contribution in [-0.2, 0) is 9.59 Å². The third-order valence-electron chi connectivity index (χ3n) is 3.05. The maximum absolute atomic E-state index is 12.1. The molecule has 0 atom stereocenters. The number of fused-ring (bicyclic) bond motifs is 1. The van der Waals surface area contributed by atoms with Gasteiger partial charge in [-0.3, -0.25) is 19.6 Å². The van der Waals surface area contributed by atoms with Crippen LogP contribution in [0, 0.1) is 0 Å². The van der Waals surface area contributed by atoms with Crippen LogP contribution in [0.25, 0.3) is 11.0 Å². The summed E-state index contributed by atoms with van der Waals surface area (Å²) < 4.78 is 0. The summed E-state index contributed by atoms with van der Waals surface area (Å²) in [6, 6.07) is 5.12. The first-order chi connectivity index (χ1) is 10.5. The maximum atomic E-state index is 12.1. The number of carbonyl (C=O) groups excluding carboxylic acids is 2. The van der Waals surface area contributed by atoms with Crippen molar-refractivity contribution in [1.82, 2.24) is 14.9 Å². The van der Waals surface area contributed by atoms with E-state index in [2.05, 4.69) is 21.9 Å². The lowest BCUT2D eigenvalue weighted by Gasteiger charge is -2.20. The highest BCUT2D eigenvalue weighted by molar-refractivity contribution is 6.39. The number of nitrogens with one attached hydrogen (secondary N) is 1. The summed E-state index contributed by atoms with van der Waals surface area (Å²) in [5.74, 6) is -1.25. The summed E-state index contributed by atoms with van der Waals surface area (Å²) in [5, 5.41) is 2.59. The van der Waals surface area contributed by atoms with E-state index in [-0.39, 0.29) is 0 Å². The summed E-state index contributed by atoms with van der Waals surface area (Å²) >= 11 is 0. The van der Waals surface area contributed by atoms with Crippen LogP contribution in [0.3, 0.4) is 0 Å². The summed E-state index contributed by atoms with van der Waals surface area (Å²) in [5.41, 5.74) is 2.72. The molecule has 2 amide bonds. The number of amides is 2. The van der Waals surface area contributed by atoms with E-state index in [1.54, 1.807) is 30.6 Å². The van der Waals surface area contributed by atoms with Gasteiger partial charge in [-0.25, -0.2) is 0 Å². The molecule has 1 aromatic heterocycles. The van der Waals surface area contributed by atoms with Gasteiger partial charge in [-0.15, -0.1) is 0 Å². The van der Waals surface area contributed by atoms with Gasteiger partial charge in [0.15, 0.2) is 0 Å². The molecule has 22 heavy (non-hydrogen) atoms. The Bertz CT molecular complexity index is 727. The minimum Gasteiger partial charge on any atom is -0.331 e. The number of carbonyl (C=O) groups is 2. The summed E-state index contributed by atoms with van der Waals surface area (Å²) in [6.07, 6.45) is 3.17. The van der Waals surface area contributed by atoms with Crippen LogP contribution < -0.4 is 5.32 Å². The van der Waals surface area contributed by atoms with Gasteiger partial charge in [0.1, 0.15) is 0 Å². The van der Waals surface area contributed by atoms with Gasteiger partial charge in [-0.2, -0.15) is 0 Å². The number of rotatable bonds is 4. The largest absolute Gasteiger partial charge is 0.331 e. The van der Waals surface area contributed by atoms with Crippen LogP contribution in [0.2, 0.25) is 0 Å². The fraction of sp³-hybridized carbons (Fsp3) is 0.250. The van der Waals surface area contributed by atoms with E-state index in [1.165, 1.54) is 4.90 Å². The third kappa shape index (κ3) is 3.66. The second-order valence-electron chi connectivity index (χ2n) is 4.99. The van der Waals surface area contributed by atoms with Gasteiger partial charge in [-0.1, -0.05) is 12.2 Å². The highest BCUT2D eigenvalue weighted by Gasteiger charge is 2.20. The number of hydrogen-bond donors (Lipinski definition) is 1. The number of benzene rings is 1. The predicted octanol–water partition coefficient (Wildman–Crippen LogP) is 1.99. The monoisotopic (exact) mass is 298 g/mol. The van der Waals surface area contributed by atoms with E-state index in [0.29, 0.717) is 24.3 Å². The molecule has 6 nitrogen and oxygen atoms in total. The Kier molecular flexibility index (Phi) is 4.83. The van der Waals surface area contributed by atoms with Crippen LogP contribution in [0.5, 0.6) is 0 Å². The Hall–Kier alpha value is -2.76. The topological polar surface area (TPSA) is 75.2 Å². The zero-order chi connectivity index (χ0) is 16.1. The van der Waals surface area contributed by atoms with Crippen molar-refractivity contribution in [1.29, 1.82) is 0 Å². The van der Waals surface area contributed by atoms with E-state index in [0.717, 1.165) is 11.1 Å². The first-order valence-corrected chi connectivity index (χ1v) is 6.96. The highest BCUT2D eigenvalue weighted by atomic mass is 16.2. The number of likely N-dealkylation sites (N-methyl/N-ethyl adjacent to an activating group) is 1. The van der Waals surface area contributed by atoms with Crippen molar-refractivity contribution in [2.45, 2.75) is 13.8 Å². The second-order valence-corrected chi connectivity index (χ2v) is 4.99. The quantitative estimate of drug-likeness (QED) is 0.692. The fourth-order valence-corrected chi connectivity index (χ4v) is 2.02. The Morgan fingerprint density at radius 1 is 1.23 bits per heavy atom. The van der Waals surface area contributed by atoms with Crippen molar-refractivity contribution in [2.24, 2.45) is 0 Å². The highest BCUT2D eigenvalue weighted by Crippen LogP contribution is 2.15. The van der Waals surface area contributed by atoms with Gasteiger partial charge in [-0.05, 0) is 32.0 Å². The van der Waals surface area contributed by atoms with Crippen molar-refractivity contribution < 1.29 is 9.59 Å². The molecule has 0 aliphatic rings. The maximum Gasteiger partial charge on any atom is 0.313 e. The van der Waals surface area contributed by atoms with Gasteiger partial charge in [0.25, 0.3) is 0 Å². The van der Waals surface area contributed by atoms with Crippen LogP contribution >= 0.6 is 0 Å². The van der Waals surface area contributed by atoms with Crippen LogP contribution in [0.15, 0.2) is 42.7 Å². The molecule has 1 N–H and O–H groups in total. The minimum atomic E-state index is -0.675. The lowest BCUT2D eigenvalue weighted by atomic mass is 10.2. The first-order valence-electron chi connectivity index (χ1n) is 6.96. The van der Waals surface area contributed by atoms with Crippen molar-refractivity contribution in [2.75, 3.05) is 18.4 Å². The van der Waals surface area contributed by atoms with E-state index < -0.39 is 11.8 Å². The molecule has 2 aromatic rings. The van der Waals surface area contributed by atoms with Crippen molar-refractivity contribution in [3.63, 3.8) is 0 Å². The predicted molar refractivity (Wildman–Crippen MR) is 85.2 cm³/mol. The molecular formula is C16H18N4O2. The fourth-order valence-electron chi connectivity index (χ4n) is 2.02. The molecule has 114 valence electrons. The molecule has 0 saturated carbocycles. The Morgan fingerprint density at radius 2 is 1.91 bits per heavy atom. The van der Waals surface area contributed by atoms with Crippen molar-refractivity contribution >= 4 is 28.5 Å². The Labute approximate surface area is 128 Å². The van der Waals surface area contributed by atoms with Gasteiger partial charge >= 0.3 is 11.8 Å². The Balaban J connectivity index is 2.12. The lowest BCUT2D eigenvalue weighted by Crippen LogP contribution is -2.40. The summed E-state index contributed by atoms with van der Waals surface area (Å²) in [7, 11) is 0. The normalized spacial score (nSPS) is 10.3. The molecule has 0 spiro atoms. The molecule has 1 heterocycles. The van der Waals surface area contributed by atoms with Crippen molar-refractivity contribution in [3.8, 4) is 0 Å². The molecule has 1 aromatic carbocycles. The van der Waals surface area contributed by atoms with Crippen LogP contribution in [0.1, 0.15) is 13.8 Å². The zero-order valence-electron chi connectivity index (χ0n) is 12.7. The van der Waals surface area contributed by atoms with E-state index >= 15 is 0 Å². The molecule has 0 aliphatic heterocycles. The van der Waals surface area contributed by atoms with E-state index in [1.807, 2.05) is 13.8 Å². The third-order valence-corrected chi connectivity index (χ3v) is 3.05. The average Bonchev–Trinajstić information content (AvgIpc) is 2.51. The molecule has 0 saturated heterocycles. The van der Waals surface area contributed by atoms with Gasteiger partial charge < -0.3 is 10.2 Å². The van der Waals surface area contributed by atoms with Crippen LogP contribution in [-0.4, -0.2) is 39.8 Å². The number of nitrogens with zero attached hydrogens (tertiary/aromatic N) is 3. The zero-order valence-corrected chi connectivity index (χ0v) is 12.7. The van der Waals surface area contributed by atoms with E-state index in [4.69, 9.17) is 0 Å². The van der Waals surface area contributed by atoms with Gasteiger partial charge in [0, 0.05) is 31.2 Å². The van der Waals surface area contributed by atoms with Gasteiger partial charge in [0.05, 0.1) is 11.0 Å². The molecule has 2 rings (SSSR count). The minimum absolute atomic E-state index is 0.367. The van der Waals surface area contributed by atoms with Crippen molar-refractivity contribution in [3.05, 3.63) is 42.7 Å². The lowest BCUT2D eigenvalue weighted by molar-refractivity contribution is -0.142. The molecule has 0 aliphatic carbocycles. The number of anilines is 1. The molecular weight excluding hydrogens is 280 g/mol. The smallest absolute Gasteiger partial charge is 0.313 e. The first kappa shape index (κ1) is 15.6. The molecule has 0 unspecified atom stereocenters. The number of aromatic nitrogens is 2. The van der Waals surface area contributed by atoms with Crippen LogP contribution in [0.4, 0.5) is 5.69 Å². The molecule has 0 radical (unpaired) electrons. The second kappa shape index (κ2) is 6.80. The SMILES string of the molecule is C=C(C)CN(CC)C(=O)C(=O)Nc1ccc2nccnc2c1. The molecule has 6 heteroatoms. The summed E-state index contributed by atoms with van der Waals surface area (Å²) in [6.45, 7) is 8.21. The standard InChI is InChI=1S/C16H18N4O2/c1-4-20(10-11(2)3)16(22)15(21)19-12-5-6-13-14(9-12)18-8-7-17-13/h5-9H,2,4,10H2,1,3H3,(H,19,21). The summed E-state index contributed by atoms with van der Waals surface area (Å²) in [4.78, 5) is 33.9. The van der Waals surface area contributed by atoms with E-state index in [9.17, 15) is 9.59 Å².